The van der Waals surface area contributed by atoms with Gasteiger partial charge in [-0.2, -0.15) is 0 Å². The predicted octanol–water partition coefficient (Wildman–Crippen LogP) is -0.778. The highest BCUT2D eigenvalue weighted by Gasteiger charge is 2.27. The molecule has 1 N–H and O–H groups in total. The SMILES string of the molecule is CN1CCO[C@@H](CN[C@H]2CCOC2=O)C1. The van der Waals surface area contributed by atoms with E-state index in [4.69, 9.17) is 9.47 Å². The molecule has 2 atom stereocenters. The van der Waals surface area contributed by atoms with Gasteiger partial charge >= 0.3 is 5.97 Å². The van der Waals surface area contributed by atoms with Crippen LogP contribution in [0.3, 0.4) is 0 Å². The number of rotatable bonds is 3. The Labute approximate surface area is 89.7 Å². The Balaban J connectivity index is 1.70. The van der Waals surface area contributed by atoms with Crippen LogP contribution >= 0.6 is 0 Å². The van der Waals surface area contributed by atoms with Gasteiger partial charge in [0.15, 0.2) is 0 Å². The molecule has 0 unspecified atom stereocenters. The number of carbonyl (C=O) groups is 1. The van der Waals surface area contributed by atoms with Crippen molar-refractivity contribution in [1.82, 2.24) is 10.2 Å². The molecule has 2 rings (SSSR count). The Morgan fingerprint density at radius 3 is 3.07 bits per heavy atom. The van der Waals surface area contributed by atoms with Gasteiger partial charge in [0.25, 0.3) is 0 Å². The molecule has 0 aromatic rings. The average molecular weight is 214 g/mol. The smallest absolute Gasteiger partial charge is 0.323 e. The van der Waals surface area contributed by atoms with Crippen LogP contribution in [-0.4, -0.2) is 62.9 Å². The molecule has 5 nitrogen and oxygen atoms in total. The van der Waals surface area contributed by atoms with E-state index in [0.29, 0.717) is 6.61 Å². The van der Waals surface area contributed by atoms with Crippen LogP contribution in [0.15, 0.2) is 0 Å². The number of esters is 1. The molecule has 0 aromatic carbocycles. The van der Waals surface area contributed by atoms with Crippen molar-refractivity contribution in [3.63, 3.8) is 0 Å². The molecule has 15 heavy (non-hydrogen) atoms. The Morgan fingerprint density at radius 2 is 2.40 bits per heavy atom. The summed E-state index contributed by atoms with van der Waals surface area (Å²) < 4.78 is 10.5. The van der Waals surface area contributed by atoms with Gasteiger partial charge in [-0.1, -0.05) is 0 Å². The Bertz CT molecular complexity index is 235. The average Bonchev–Trinajstić information content (AvgIpc) is 2.61. The van der Waals surface area contributed by atoms with Crippen molar-refractivity contribution in [2.45, 2.75) is 18.6 Å². The van der Waals surface area contributed by atoms with E-state index in [2.05, 4.69) is 17.3 Å². The topological polar surface area (TPSA) is 50.8 Å². The molecule has 86 valence electrons. The normalized spacial score (nSPS) is 33.0. The first-order valence-electron chi connectivity index (χ1n) is 5.46. The monoisotopic (exact) mass is 214 g/mol. The number of hydrogen-bond acceptors (Lipinski definition) is 5. The Hall–Kier alpha value is -0.650. The van der Waals surface area contributed by atoms with Crippen molar-refractivity contribution in [3.8, 4) is 0 Å². The second kappa shape index (κ2) is 4.92. The molecule has 0 aromatic heterocycles. The minimum Gasteiger partial charge on any atom is -0.464 e. The molecule has 0 amide bonds. The lowest BCUT2D eigenvalue weighted by Crippen LogP contribution is -2.47. The van der Waals surface area contributed by atoms with E-state index in [-0.39, 0.29) is 18.1 Å². The molecule has 2 fully saturated rings. The van der Waals surface area contributed by atoms with Crippen LogP contribution in [0.2, 0.25) is 0 Å². The van der Waals surface area contributed by atoms with Gasteiger partial charge in [0.2, 0.25) is 0 Å². The molecule has 0 spiro atoms. The van der Waals surface area contributed by atoms with Gasteiger partial charge in [0.1, 0.15) is 6.04 Å². The highest BCUT2D eigenvalue weighted by atomic mass is 16.5. The summed E-state index contributed by atoms with van der Waals surface area (Å²) in [6.45, 7) is 3.96. The second-order valence-electron chi connectivity index (χ2n) is 4.17. The summed E-state index contributed by atoms with van der Waals surface area (Å²) in [5, 5.41) is 3.20. The first-order valence-corrected chi connectivity index (χ1v) is 5.46. The number of nitrogens with zero attached hydrogens (tertiary/aromatic N) is 1. The number of morpholine rings is 1. The molecule has 2 aliphatic rings. The fourth-order valence-electron chi connectivity index (χ4n) is 1.95. The zero-order chi connectivity index (χ0) is 10.7. The summed E-state index contributed by atoms with van der Waals surface area (Å²) in [7, 11) is 2.08. The second-order valence-corrected chi connectivity index (χ2v) is 4.17. The molecule has 2 heterocycles. The third kappa shape index (κ3) is 2.90. The maximum atomic E-state index is 11.2. The first kappa shape index (κ1) is 10.9. The van der Waals surface area contributed by atoms with E-state index in [1.807, 2.05) is 0 Å². The summed E-state index contributed by atoms with van der Waals surface area (Å²) in [6, 6.07) is -0.124. The number of likely N-dealkylation sites (N-methyl/N-ethyl adjacent to an activating group) is 1. The molecule has 2 aliphatic heterocycles. The lowest BCUT2D eigenvalue weighted by atomic mass is 10.2. The first-order chi connectivity index (χ1) is 7.25. The summed E-state index contributed by atoms with van der Waals surface area (Å²) in [4.78, 5) is 13.4. The maximum Gasteiger partial charge on any atom is 0.323 e. The summed E-state index contributed by atoms with van der Waals surface area (Å²) in [5.74, 6) is -0.126. The zero-order valence-electron chi connectivity index (χ0n) is 9.07. The van der Waals surface area contributed by atoms with E-state index in [1.54, 1.807) is 0 Å². The van der Waals surface area contributed by atoms with Crippen molar-refractivity contribution < 1.29 is 14.3 Å². The number of carbonyl (C=O) groups excluding carboxylic acids is 1. The van der Waals surface area contributed by atoms with Gasteiger partial charge in [0, 0.05) is 26.1 Å². The standard InChI is InChI=1S/C10H18N2O3/c1-12-3-5-14-8(7-12)6-11-9-2-4-15-10(9)13/h8-9,11H,2-7H2,1H3/t8-,9-/m0/s1. The molecule has 0 bridgehead atoms. The molecular formula is C10H18N2O3. The van der Waals surface area contributed by atoms with Crippen LogP contribution in [0, 0.1) is 0 Å². The third-order valence-corrected chi connectivity index (χ3v) is 2.87. The minimum absolute atomic E-state index is 0.124. The van der Waals surface area contributed by atoms with Crippen molar-refractivity contribution in [1.29, 1.82) is 0 Å². The Morgan fingerprint density at radius 1 is 1.53 bits per heavy atom. The largest absolute Gasteiger partial charge is 0.464 e. The van der Waals surface area contributed by atoms with Crippen LogP contribution < -0.4 is 5.32 Å². The lowest BCUT2D eigenvalue weighted by molar-refractivity contribution is -0.139. The van der Waals surface area contributed by atoms with Crippen LogP contribution in [0.25, 0.3) is 0 Å². The molecule has 5 heteroatoms. The third-order valence-electron chi connectivity index (χ3n) is 2.87. The summed E-state index contributed by atoms with van der Waals surface area (Å²) in [5.41, 5.74) is 0. The maximum absolute atomic E-state index is 11.2. The van der Waals surface area contributed by atoms with Crippen LogP contribution in [0.4, 0.5) is 0 Å². The molecule has 0 radical (unpaired) electrons. The van der Waals surface area contributed by atoms with E-state index in [9.17, 15) is 4.79 Å². The lowest BCUT2D eigenvalue weighted by Gasteiger charge is -2.30. The minimum atomic E-state index is -0.126. The number of hydrogen-bond donors (Lipinski definition) is 1. The molecular weight excluding hydrogens is 196 g/mol. The van der Waals surface area contributed by atoms with Crippen molar-refractivity contribution >= 4 is 5.97 Å². The van der Waals surface area contributed by atoms with Crippen molar-refractivity contribution in [3.05, 3.63) is 0 Å². The van der Waals surface area contributed by atoms with E-state index < -0.39 is 0 Å². The quantitative estimate of drug-likeness (QED) is 0.625. The van der Waals surface area contributed by atoms with Gasteiger partial charge in [-0.15, -0.1) is 0 Å². The fourth-order valence-corrected chi connectivity index (χ4v) is 1.95. The number of nitrogens with one attached hydrogen (secondary N) is 1. The number of cyclic esters (lactones) is 1. The van der Waals surface area contributed by atoms with Crippen molar-refractivity contribution in [2.75, 3.05) is 39.9 Å². The van der Waals surface area contributed by atoms with Gasteiger partial charge < -0.3 is 19.7 Å². The van der Waals surface area contributed by atoms with Gasteiger partial charge in [-0.3, -0.25) is 4.79 Å². The zero-order valence-corrected chi connectivity index (χ0v) is 9.07. The summed E-state index contributed by atoms with van der Waals surface area (Å²) in [6.07, 6.45) is 0.971. The summed E-state index contributed by atoms with van der Waals surface area (Å²) >= 11 is 0. The highest BCUT2D eigenvalue weighted by Crippen LogP contribution is 2.07. The van der Waals surface area contributed by atoms with Gasteiger partial charge in [0.05, 0.1) is 19.3 Å². The highest BCUT2D eigenvalue weighted by molar-refractivity contribution is 5.77. The van der Waals surface area contributed by atoms with Crippen molar-refractivity contribution in [2.24, 2.45) is 0 Å². The van der Waals surface area contributed by atoms with Gasteiger partial charge in [-0.25, -0.2) is 0 Å². The van der Waals surface area contributed by atoms with Crippen LogP contribution in [0.1, 0.15) is 6.42 Å². The van der Waals surface area contributed by atoms with E-state index >= 15 is 0 Å². The van der Waals surface area contributed by atoms with Crippen LogP contribution in [-0.2, 0) is 14.3 Å². The molecule has 0 aliphatic carbocycles. The molecule has 2 saturated heterocycles. The van der Waals surface area contributed by atoms with Crippen LogP contribution in [0.5, 0.6) is 0 Å². The molecule has 0 saturated carbocycles. The van der Waals surface area contributed by atoms with E-state index in [1.165, 1.54) is 0 Å². The number of ether oxygens (including phenoxy) is 2. The predicted molar refractivity (Wildman–Crippen MR) is 54.6 cm³/mol. The van der Waals surface area contributed by atoms with Gasteiger partial charge in [-0.05, 0) is 7.05 Å². The van der Waals surface area contributed by atoms with E-state index in [0.717, 1.165) is 32.7 Å². The Kier molecular flexibility index (Phi) is 3.56. The fraction of sp³-hybridized carbons (Fsp3) is 0.900.